The van der Waals surface area contributed by atoms with Crippen molar-refractivity contribution in [2.24, 2.45) is 5.92 Å². The molecule has 1 saturated heterocycles. The van der Waals surface area contributed by atoms with Gasteiger partial charge < -0.3 is 5.32 Å². The first-order chi connectivity index (χ1) is 7.68. The molecule has 0 amide bonds. The van der Waals surface area contributed by atoms with Crippen LogP contribution in [0.25, 0.3) is 0 Å². The topological polar surface area (TPSA) is 12.0 Å². The monoisotopic (exact) mass is 281 g/mol. The summed E-state index contributed by atoms with van der Waals surface area (Å²) < 4.78 is 1.29. The van der Waals surface area contributed by atoms with Crippen molar-refractivity contribution >= 4 is 15.9 Å². The van der Waals surface area contributed by atoms with E-state index in [0.717, 1.165) is 5.92 Å². The first-order valence-electron chi connectivity index (χ1n) is 6.14. The number of aryl methyl sites for hydroxylation is 1. The Bertz CT molecular complexity index is 367. The number of benzene rings is 1. The van der Waals surface area contributed by atoms with Gasteiger partial charge in [0.2, 0.25) is 0 Å². The maximum Gasteiger partial charge on any atom is 0.0236 e. The summed E-state index contributed by atoms with van der Waals surface area (Å²) in [5, 5.41) is 3.49. The lowest BCUT2D eigenvalue weighted by atomic mass is 9.90. The number of nitrogens with one attached hydrogen (secondary N) is 1. The minimum Gasteiger partial charge on any atom is -0.316 e. The third-order valence-corrected chi connectivity index (χ3v) is 4.82. The molecule has 1 aliphatic rings. The van der Waals surface area contributed by atoms with E-state index in [-0.39, 0.29) is 0 Å². The van der Waals surface area contributed by atoms with E-state index in [4.69, 9.17) is 0 Å². The summed E-state index contributed by atoms with van der Waals surface area (Å²) in [6.45, 7) is 6.77. The first kappa shape index (κ1) is 12.1. The number of hydrogen-bond donors (Lipinski definition) is 1. The van der Waals surface area contributed by atoms with Gasteiger partial charge in [-0.05, 0) is 68.8 Å². The van der Waals surface area contributed by atoms with E-state index in [0.29, 0.717) is 0 Å². The largest absolute Gasteiger partial charge is 0.316 e. The van der Waals surface area contributed by atoms with Gasteiger partial charge >= 0.3 is 0 Å². The molecule has 1 N–H and O–H groups in total. The zero-order chi connectivity index (χ0) is 11.5. The van der Waals surface area contributed by atoms with Crippen LogP contribution >= 0.6 is 15.9 Å². The highest BCUT2D eigenvalue weighted by atomic mass is 79.9. The Labute approximate surface area is 107 Å². The van der Waals surface area contributed by atoms with Crippen LogP contribution in [0, 0.1) is 19.8 Å². The smallest absolute Gasteiger partial charge is 0.0236 e. The molecular weight excluding hydrogens is 262 g/mol. The maximum absolute atomic E-state index is 3.68. The summed E-state index contributed by atoms with van der Waals surface area (Å²) in [7, 11) is 0. The molecule has 1 atom stereocenters. The summed E-state index contributed by atoms with van der Waals surface area (Å²) in [6.07, 6.45) is 3.92. The van der Waals surface area contributed by atoms with E-state index in [1.807, 2.05) is 0 Å². The molecule has 16 heavy (non-hydrogen) atoms. The second-order valence-electron chi connectivity index (χ2n) is 4.90. The molecule has 1 aromatic carbocycles. The molecule has 1 aromatic rings. The van der Waals surface area contributed by atoms with Gasteiger partial charge in [-0.15, -0.1) is 0 Å². The van der Waals surface area contributed by atoms with E-state index < -0.39 is 0 Å². The van der Waals surface area contributed by atoms with Crippen LogP contribution in [0.2, 0.25) is 0 Å². The van der Waals surface area contributed by atoms with Gasteiger partial charge in [0.25, 0.3) is 0 Å². The summed E-state index contributed by atoms with van der Waals surface area (Å²) in [5.41, 5.74) is 4.26. The lowest BCUT2D eigenvalue weighted by Crippen LogP contribution is -2.31. The Morgan fingerprint density at radius 2 is 2.19 bits per heavy atom. The fourth-order valence-corrected chi connectivity index (χ4v) is 2.88. The first-order valence-corrected chi connectivity index (χ1v) is 6.93. The zero-order valence-electron chi connectivity index (χ0n) is 10.1. The van der Waals surface area contributed by atoms with Crippen LogP contribution in [-0.2, 0) is 6.42 Å². The number of piperidine rings is 1. The van der Waals surface area contributed by atoms with Crippen molar-refractivity contribution in [1.82, 2.24) is 5.32 Å². The predicted octanol–water partition coefficient (Wildman–Crippen LogP) is 3.61. The average molecular weight is 282 g/mol. The lowest BCUT2D eigenvalue weighted by molar-refractivity contribution is 0.375. The fraction of sp³-hybridized carbons (Fsp3) is 0.571. The molecule has 0 spiro atoms. The number of halogens is 1. The van der Waals surface area contributed by atoms with Crippen molar-refractivity contribution < 1.29 is 0 Å². The lowest BCUT2D eigenvalue weighted by Gasteiger charge is -2.23. The van der Waals surface area contributed by atoms with Gasteiger partial charge in [-0.25, -0.2) is 0 Å². The quantitative estimate of drug-likeness (QED) is 0.873. The van der Waals surface area contributed by atoms with Crippen molar-refractivity contribution in [1.29, 1.82) is 0 Å². The maximum atomic E-state index is 3.68. The molecule has 0 radical (unpaired) electrons. The van der Waals surface area contributed by atoms with Crippen LogP contribution in [0.4, 0.5) is 0 Å². The highest BCUT2D eigenvalue weighted by Crippen LogP contribution is 2.26. The molecule has 88 valence electrons. The number of hydrogen-bond acceptors (Lipinski definition) is 1. The van der Waals surface area contributed by atoms with Gasteiger partial charge in [0.15, 0.2) is 0 Å². The van der Waals surface area contributed by atoms with Crippen LogP contribution in [0.5, 0.6) is 0 Å². The Morgan fingerprint density at radius 3 is 2.88 bits per heavy atom. The zero-order valence-corrected chi connectivity index (χ0v) is 11.7. The minimum atomic E-state index is 0.821. The fourth-order valence-electron chi connectivity index (χ4n) is 2.49. The van der Waals surface area contributed by atoms with Crippen molar-refractivity contribution in [2.45, 2.75) is 33.1 Å². The van der Waals surface area contributed by atoms with Gasteiger partial charge in [0.05, 0.1) is 0 Å². The van der Waals surface area contributed by atoms with Gasteiger partial charge in [-0.2, -0.15) is 0 Å². The highest BCUT2D eigenvalue weighted by Gasteiger charge is 2.15. The normalized spacial score (nSPS) is 21.1. The third kappa shape index (κ3) is 2.67. The van der Waals surface area contributed by atoms with Gasteiger partial charge in [0.1, 0.15) is 0 Å². The van der Waals surface area contributed by atoms with Crippen LogP contribution in [-0.4, -0.2) is 13.1 Å². The summed E-state index contributed by atoms with van der Waals surface area (Å²) >= 11 is 3.68. The van der Waals surface area contributed by atoms with Crippen molar-refractivity contribution in [3.63, 3.8) is 0 Å². The van der Waals surface area contributed by atoms with E-state index in [9.17, 15) is 0 Å². The molecule has 1 fully saturated rings. The van der Waals surface area contributed by atoms with Crippen molar-refractivity contribution in [2.75, 3.05) is 13.1 Å². The predicted molar refractivity (Wildman–Crippen MR) is 72.9 cm³/mol. The van der Waals surface area contributed by atoms with E-state index in [1.54, 1.807) is 0 Å². The third-order valence-electron chi connectivity index (χ3n) is 3.60. The van der Waals surface area contributed by atoms with Gasteiger partial charge in [-0.3, -0.25) is 0 Å². The molecule has 1 nitrogen and oxygen atoms in total. The number of rotatable bonds is 2. The molecule has 1 unspecified atom stereocenters. The van der Waals surface area contributed by atoms with E-state index in [1.165, 1.54) is 53.5 Å². The summed E-state index contributed by atoms with van der Waals surface area (Å²) in [4.78, 5) is 0. The molecule has 0 saturated carbocycles. The Kier molecular flexibility index (Phi) is 4.04. The van der Waals surface area contributed by atoms with Crippen LogP contribution in [0.1, 0.15) is 29.5 Å². The van der Waals surface area contributed by atoms with E-state index >= 15 is 0 Å². The SMILES string of the molecule is Cc1ccc(CC2CCCNC2)c(C)c1Br. The van der Waals surface area contributed by atoms with Gasteiger partial charge in [0, 0.05) is 4.47 Å². The van der Waals surface area contributed by atoms with Crippen LogP contribution in [0.3, 0.4) is 0 Å². The van der Waals surface area contributed by atoms with Crippen LogP contribution in [0.15, 0.2) is 16.6 Å². The molecule has 2 heteroatoms. The Morgan fingerprint density at radius 1 is 1.38 bits per heavy atom. The molecule has 1 heterocycles. The molecule has 0 aliphatic carbocycles. The second-order valence-corrected chi connectivity index (χ2v) is 5.69. The average Bonchev–Trinajstić information content (AvgIpc) is 2.31. The Balaban J connectivity index is 2.11. The van der Waals surface area contributed by atoms with Gasteiger partial charge in [-0.1, -0.05) is 28.1 Å². The van der Waals surface area contributed by atoms with Crippen molar-refractivity contribution in [3.05, 3.63) is 33.3 Å². The standard InChI is InChI=1S/C14H20BrN/c1-10-5-6-13(11(2)14(10)15)8-12-4-3-7-16-9-12/h5-6,12,16H,3-4,7-9H2,1-2H3. The summed E-state index contributed by atoms with van der Waals surface area (Å²) in [6, 6.07) is 4.52. The van der Waals surface area contributed by atoms with Crippen molar-refractivity contribution in [3.8, 4) is 0 Å². The van der Waals surface area contributed by atoms with Crippen LogP contribution < -0.4 is 5.32 Å². The molecule has 0 aromatic heterocycles. The highest BCUT2D eigenvalue weighted by molar-refractivity contribution is 9.10. The second kappa shape index (κ2) is 5.33. The molecular formula is C14H20BrN. The molecule has 2 rings (SSSR count). The Hall–Kier alpha value is -0.340. The minimum absolute atomic E-state index is 0.821. The molecule has 0 bridgehead atoms. The summed E-state index contributed by atoms with van der Waals surface area (Å²) in [5.74, 6) is 0.821. The van der Waals surface area contributed by atoms with E-state index in [2.05, 4.69) is 47.2 Å². The molecule has 1 aliphatic heterocycles.